The zero-order valence-corrected chi connectivity index (χ0v) is 16.9. The lowest BCUT2D eigenvalue weighted by Gasteiger charge is -2.25. The quantitative estimate of drug-likeness (QED) is 0.588. The largest absolute Gasteiger partial charge is 0.416 e. The van der Waals surface area contributed by atoms with Crippen molar-refractivity contribution in [2.75, 3.05) is 17.3 Å². The highest BCUT2D eigenvalue weighted by Crippen LogP contribution is 2.38. The SMILES string of the molecule is CO[C@H]1Cc2ccc(C(F)(F)F)cc2N1C(=O)Nc1cccc(-c2cnccc2C)c1. The molecular weight excluding hydrogens is 407 g/mol. The summed E-state index contributed by atoms with van der Waals surface area (Å²) in [6.07, 6.45) is -1.44. The lowest BCUT2D eigenvalue weighted by atomic mass is 10.0. The third kappa shape index (κ3) is 4.11. The van der Waals surface area contributed by atoms with Gasteiger partial charge in [0.1, 0.15) is 6.23 Å². The predicted octanol–water partition coefficient (Wildman–Crippen LogP) is 5.64. The Bertz CT molecular complexity index is 1130. The Balaban J connectivity index is 1.63. The van der Waals surface area contributed by atoms with Crippen LogP contribution in [0.2, 0.25) is 0 Å². The second kappa shape index (κ2) is 8.03. The van der Waals surface area contributed by atoms with Crippen LogP contribution in [0.4, 0.5) is 29.3 Å². The van der Waals surface area contributed by atoms with Gasteiger partial charge in [-0.1, -0.05) is 18.2 Å². The Kier molecular flexibility index (Phi) is 5.41. The van der Waals surface area contributed by atoms with Crippen molar-refractivity contribution >= 4 is 17.4 Å². The number of benzene rings is 2. The molecule has 0 saturated carbocycles. The molecule has 0 aliphatic carbocycles. The van der Waals surface area contributed by atoms with Gasteiger partial charge in [0.05, 0.1) is 11.3 Å². The number of ether oxygens (including phenoxy) is 1. The van der Waals surface area contributed by atoms with Gasteiger partial charge in [0.15, 0.2) is 0 Å². The summed E-state index contributed by atoms with van der Waals surface area (Å²) in [7, 11) is 1.42. The molecule has 1 aliphatic heterocycles. The van der Waals surface area contributed by atoms with Crippen molar-refractivity contribution in [1.82, 2.24) is 4.98 Å². The molecule has 0 fully saturated rings. The minimum atomic E-state index is -4.50. The van der Waals surface area contributed by atoms with Crippen LogP contribution >= 0.6 is 0 Å². The molecule has 0 unspecified atom stereocenters. The zero-order valence-electron chi connectivity index (χ0n) is 16.9. The molecule has 4 rings (SSSR count). The summed E-state index contributed by atoms with van der Waals surface area (Å²) >= 11 is 0. The van der Waals surface area contributed by atoms with Crippen molar-refractivity contribution in [2.24, 2.45) is 0 Å². The van der Waals surface area contributed by atoms with Crippen LogP contribution in [0, 0.1) is 6.92 Å². The first-order valence-corrected chi connectivity index (χ1v) is 9.62. The molecule has 8 heteroatoms. The number of rotatable bonds is 3. The first-order valence-electron chi connectivity index (χ1n) is 9.62. The summed E-state index contributed by atoms with van der Waals surface area (Å²) in [5.41, 5.74) is 3.35. The number of methoxy groups -OCH3 is 1. The summed E-state index contributed by atoms with van der Waals surface area (Å²) in [6, 6.07) is 11.9. The number of pyridine rings is 1. The highest BCUT2D eigenvalue weighted by atomic mass is 19.4. The number of aryl methyl sites for hydroxylation is 1. The number of hydrogen-bond acceptors (Lipinski definition) is 3. The Labute approximate surface area is 177 Å². The van der Waals surface area contributed by atoms with E-state index >= 15 is 0 Å². The van der Waals surface area contributed by atoms with Gasteiger partial charge in [-0.15, -0.1) is 0 Å². The van der Waals surface area contributed by atoms with Gasteiger partial charge in [0.25, 0.3) is 0 Å². The lowest BCUT2D eigenvalue weighted by molar-refractivity contribution is -0.137. The normalized spacial score (nSPS) is 15.6. The van der Waals surface area contributed by atoms with Gasteiger partial charge in [0, 0.05) is 37.2 Å². The lowest BCUT2D eigenvalue weighted by Crippen LogP contribution is -2.41. The third-order valence-corrected chi connectivity index (χ3v) is 5.31. The number of nitrogens with zero attached hydrogens (tertiary/aromatic N) is 2. The van der Waals surface area contributed by atoms with Crippen LogP contribution < -0.4 is 10.2 Å². The number of carbonyl (C=O) groups excluding carboxylic acids is 1. The maximum Gasteiger partial charge on any atom is 0.416 e. The maximum atomic E-state index is 13.2. The molecule has 1 aliphatic rings. The fourth-order valence-electron chi connectivity index (χ4n) is 3.71. The standard InChI is InChI=1S/C23H20F3N3O2/c1-14-8-9-27-13-19(14)15-4-3-5-18(10-15)28-22(30)29-20-12-17(23(24,25)26)7-6-16(20)11-21(29)31-2/h3-10,12-13,21H,11H2,1-2H3,(H,28,30)/t21-/m0/s1. The monoisotopic (exact) mass is 427 g/mol. The summed E-state index contributed by atoms with van der Waals surface area (Å²) < 4.78 is 45.0. The van der Waals surface area contributed by atoms with Crippen molar-refractivity contribution in [3.05, 3.63) is 77.6 Å². The number of alkyl halides is 3. The molecule has 2 amide bonds. The van der Waals surface area contributed by atoms with Crippen molar-refractivity contribution in [1.29, 1.82) is 0 Å². The number of halogens is 3. The number of urea groups is 1. The average molecular weight is 427 g/mol. The maximum absolute atomic E-state index is 13.2. The van der Waals surface area contributed by atoms with E-state index in [2.05, 4.69) is 10.3 Å². The van der Waals surface area contributed by atoms with Crippen molar-refractivity contribution in [2.45, 2.75) is 25.7 Å². The van der Waals surface area contributed by atoms with Crippen LogP contribution in [0.5, 0.6) is 0 Å². The first-order chi connectivity index (χ1) is 14.8. The van der Waals surface area contributed by atoms with Crippen molar-refractivity contribution in [3.8, 4) is 11.1 Å². The van der Waals surface area contributed by atoms with E-state index in [1.807, 2.05) is 19.1 Å². The molecule has 3 aromatic rings. The smallest absolute Gasteiger partial charge is 0.361 e. The molecule has 0 bridgehead atoms. The second-order valence-electron chi connectivity index (χ2n) is 7.31. The molecular formula is C23H20F3N3O2. The van der Waals surface area contributed by atoms with E-state index in [0.29, 0.717) is 17.7 Å². The van der Waals surface area contributed by atoms with Gasteiger partial charge < -0.3 is 10.1 Å². The molecule has 5 nitrogen and oxygen atoms in total. The predicted molar refractivity (Wildman–Crippen MR) is 112 cm³/mol. The van der Waals surface area contributed by atoms with E-state index < -0.39 is 24.0 Å². The van der Waals surface area contributed by atoms with E-state index in [1.165, 1.54) is 18.1 Å². The van der Waals surface area contributed by atoms with E-state index in [1.54, 1.807) is 30.6 Å². The van der Waals surface area contributed by atoms with Crippen molar-refractivity contribution in [3.63, 3.8) is 0 Å². The number of aromatic nitrogens is 1. The molecule has 31 heavy (non-hydrogen) atoms. The summed E-state index contributed by atoms with van der Waals surface area (Å²) in [4.78, 5) is 18.4. The number of amides is 2. The number of fused-ring (bicyclic) bond motifs is 1. The highest BCUT2D eigenvalue weighted by Gasteiger charge is 2.38. The fourth-order valence-corrected chi connectivity index (χ4v) is 3.71. The van der Waals surface area contributed by atoms with Gasteiger partial charge in [-0.25, -0.2) is 4.79 Å². The molecule has 1 atom stereocenters. The molecule has 0 spiro atoms. The van der Waals surface area contributed by atoms with Crippen LogP contribution in [0.1, 0.15) is 16.7 Å². The average Bonchev–Trinajstić information content (AvgIpc) is 3.11. The van der Waals surface area contributed by atoms with Crippen LogP contribution in [-0.2, 0) is 17.3 Å². The molecule has 2 heterocycles. The Hall–Kier alpha value is -3.39. The molecule has 0 radical (unpaired) electrons. The van der Waals surface area contributed by atoms with E-state index in [4.69, 9.17) is 4.74 Å². The second-order valence-corrected chi connectivity index (χ2v) is 7.31. The molecule has 0 saturated heterocycles. The Morgan fingerprint density at radius 3 is 2.71 bits per heavy atom. The number of nitrogens with one attached hydrogen (secondary N) is 1. The van der Waals surface area contributed by atoms with Gasteiger partial charge in [-0.2, -0.15) is 13.2 Å². The third-order valence-electron chi connectivity index (χ3n) is 5.31. The topological polar surface area (TPSA) is 54.5 Å². The summed E-state index contributed by atoms with van der Waals surface area (Å²) in [6.45, 7) is 1.96. The molecule has 2 aromatic carbocycles. The molecule has 160 valence electrons. The van der Waals surface area contributed by atoms with Crippen LogP contribution in [0.15, 0.2) is 60.9 Å². The first kappa shape index (κ1) is 20.9. The highest BCUT2D eigenvalue weighted by molar-refractivity contribution is 6.03. The molecule has 1 aromatic heterocycles. The summed E-state index contributed by atoms with van der Waals surface area (Å²) in [5.74, 6) is 0. The van der Waals surface area contributed by atoms with E-state index in [9.17, 15) is 18.0 Å². The molecule has 1 N–H and O–H groups in total. The van der Waals surface area contributed by atoms with Crippen molar-refractivity contribution < 1.29 is 22.7 Å². The summed E-state index contributed by atoms with van der Waals surface area (Å²) in [5, 5.41) is 2.78. The van der Waals surface area contributed by atoms with E-state index in [0.717, 1.165) is 28.8 Å². The zero-order chi connectivity index (χ0) is 22.2. The van der Waals surface area contributed by atoms with Gasteiger partial charge in [-0.05, 0) is 53.9 Å². The Morgan fingerprint density at radius 1 is 1.19 bits per heavy atom. The minimum Gasteiger partial charge on any atom is -0.361 e. The van der Waals surface area contributed by atoms with Gasteiger partial charge in [-0.3, -0.25) is 9.88 Å². The van der Waals surface area contributed by atoms with Crippen LogP contribution in [-0.4, -0.2) is 24.4 Å². The van der Waals surface area contributed by atoms with E-state index in [-0.39, 0.29) is 5.69 Å². The van der Waals surface area contributed by atoms with Crippen LogP contribution in [0.25, 0.3) is 11.1 Å². The number of carbonyl (C=O) groups is 1. The fraction of sp³-hybridized carbons (Fsp3) is 0.217. The van der Waals surface area contributed by atoms with Crippen LogP contribution in [0.3, 0.4) is 0 Å². The van der Waals surface area contributed by atoms with Gasteiger partial charge in [0.2, 0.25) is 0 Å². The Morgan fingerprint density at radius 2 is 2.00 bits per heavy atom. The minimum absolute atomic E-state index is 0.193. The van der Waals surface area contributed by atoms with Gasteiger partial charge >= 0.3 is 12.2 Å². The number of anilines is 2. The number of hydrogen-bond donors (Lipinski definition) is 1.